The van der Waals surface area contributed by atoms with Gasteiger partial charge in [-0.2, -0.15) is 0 Å². The van der Waals surface area contributed by atoms with Crippen LogP contribution in [0, 0.1) is 0 Å². The zero-order valence-electron chi connectivity index (χ0n) is 9.49. The quantitative estimate of drug-likeness (QED) is 0.831. The summed E-state index contributed by atoms with van der Waals surface area (Å²) in [6.45, 7) is 1.31. The fourth-order valence-electron chi connectivity index (χ4n) is 1.55. The maximum Gasteiger partial charge on any atom is 0.138 e. The second-order valence-electron chi connectivity index (χ2n) is 3.80. The number of phenols is 1. The molecule has 0 amide bonds. The summed E-state index contributed by atoms with van der Waals surface area (Å²) in [5, 5.41) is 15.8. The van der Waals surface area contributed by atoms with Crippen molar-refractivity contribution in [2.45, 2.75) is 13.0 Å². The Morgan fingerprint density at radius 3 is 2.89 bits per heavy atom. The van der Waals surface area contributed by atoms with Crippen molar-refractivity contribution in [1.29, 1.82) is 0 Å². The average molecular weight is 303 g/mol. The highest BCUT2D eigenvalue weighted by Crippen LogP contribution is 2.30. The van der Waals surface area contributed by atoms with Crippen molar-refractivity contribution >= 4 is 34.5 Å². The molecule has 1 aromatic carbocycles. The number of nitrogens with one attached hydrogen (secondary N) is 1. The van der Waals surface area contributed by atoms with Crippen LogP contribution in [0.4, 0.5) is 0 Å². The van der Waals surface area contributed by atoms with Gasteiger partial charge in [0, 0.05) is 35.5 Å². The fraction of sp³-hybridized carbons (Fsp3) is 0.250. The first-order valence-electron chi connectivity index (χ1n) is 5.41. The molecule has 0 atom stereocenters. The van der Waals surface area contributed by atoms with Gasteiger partial charge in [-0.3, -0.25) is 0 Å². The van der Waals surface area contributed by atoms with Crippen LogP contribution in [-0.2, 0) is 13.0 Å². The van der Waals surface area contributed by atoms with Gasteiger partial charge < -0.3 is 10.4 Å². The number of halogens is 2. The van der Waals surface area contributed by atoms with Crippen LogP contribution in [0.1, 0.15) is 11.3 Å². The molecule has 0 unspecified atom stereocenters. The zero-order valence-corrected chi connectivity index (χ0v) is 11.8. The van der Waals surface area contributed by atoms with E-state index in [1.807, 2.05) is 10.9 Å². The van der Waals surface area contributed by atoms with E-state index in [0.717, 1.165) is 18.7 Å². The smallest absolute Gasteiger partial charge is 0.138 e. The molecule has 6 heteroatoms. The minimum atomic E-state index is 0.0854. The lowest BCUT2D eigenvalue weighted by Crippen LogP contribution is -2.16. The van der Waals surface area contributed by atoms with Gasteiger partial charge >= 0.3 is 0 Å². The molecule has 18 heavy (non-hydrogen) atoms. The zero-order chi connectivity index (χ0) is 13.0. The molecule has 0 aliphatic heterocycles. The number of benzene rings is 1. The summed E-state index contributed by atoms with van der Waals surface area (Å²) in [5.74, 6) is 0.0854. The molecule has 2 N–H and O–H groups in total. The molecule has 1 heterocycles. The first kappa shape index (κ1) is 13.6. The standard InChI is InChI=1S/C12H12Cl2N2OS/c13-9-3-8(12(17)11(14)4-9)5-15-2-1-10-6-18-7-16-10/h3-4,6-7,15,17H,1-2,5H2. The number of aromatic nitrogens is 1. The summed E-state index contributed by atoms with van der Waals surface area (Å²) in [6, 6.07) is 3.23. The lowest BCUT2D eigenvalue weighted by Gasteiger charge is -2.08. The van der Waals surface area contributed by atoms with Crippen LogP contribution in [0.15, 0.2) is 23.0 Å². The van der Waals surface area contributed by atoms with Crippen LogP contribution in [0.3, 0.4) is 0 Å². The van der Waals surface area contributed by atoms with Crippen LogP contribution in [0.5, 0.6) is 5.75 Å². The van der Waals surface area contributed by atoms with Crippen LogP contribution in [0.25, 0.3) is 0 Å². The number of aromatic hydroxyl groups is 1. The van der Waals surface area contributed by atoms with E-state index in [9.17, 15) is 5.11 Å². The lowest BCUT2D eigenvalue weighted by atomic mass is 10.2. The Balaban J connectivity index is 1.86. The first-order chi connectivity index (χ1) is 8.66. The van der Waals surface area contributed by atoms with Gasteiger partial charge in [0.05, 0.1) is 16.2 Å². The first-order valence-corrected chi connectivity index (χ1v) is 7.11. The Kier molecular flexibility index (Phi) is 4.83. The molecule has 0 radical (unpaired) electrons. The molecule has 0 fully saturated rings. The molecule has 0 aliphatic rings. The van der Waals surface area contributed by atoms with Gasteiger partial charge in [-0.05, 0) is 12.1 Å². The lowest BCUT2D eigenvalue weighted by molar-refractivity contribution is 0.465. The number of rotatable bonds is 5. The summed E-state index contributed by atoms with van der Waals surface area (Å²) in [6.07, 6.45) is 0.860. The Morgan fingerprint density at radius 1 is 1.33 bits per heavy atom. The van der Waals surface area contributed by atoms with E-state index in [1.54, 1.807) is 17.4 Å². The topological polar surface area (TPSA) is 45.1 Å². The fourth-order valence-corrected chi connectivity index (χ4v) is 2.68. The van der Waals surface area contributed by atoms with Crippen molar-refractivity contribution in [3.63, 3.8) is 0 Å². The number of nitrogens with zero attached hydrogens (tertiary/aromatic N) is 1. The van der Waals surface area contributed by atoms with E-state index in [-0.39, 0.29) is 10.8 Å². The maximum absolute atomic E-state index is 9.76. The average Bonchev–Trinajstić information content (AvgIpc) is 2.83. The van der Waals surface area contributed by atoms with Gasteiger partial charge in [-0.1, -0.05) is 23.2 Å². The van der Waals surface area contributed by atoms with E-state index in [1.165, 1.54) is 6.07 Å². The predicted molar refractivity (Wildman–Crippen MR) is 75.7 cm³/mol. The van der Waals surface area contributed by atoms with Crippen LogP contribution < -0.4 is 5.32 Å². The van der Waals surface area contributed by atoms with Crippen LogP contribution in [-0.4, -0.2) is 16.6 Å². The minimum Gasteiger partial charge on any atom is -0.506 e. The minimum absolute atomic E-state index is 0.0854. The van der Waals surface area contributed by atoms with Gasteiger partial charge in [0.2, 0.25) is 0 Å². The molecular formula is C12H12Cl2N2OS. The Hall–Kier alpha value is -0.810. The van der Waals surface area contributed by atoms with Gasteiger partial charge in [-0.15, -0.1) is 11.3 Å². The molecule has 2 aromatic rings. The highest BCUT2D eigenvalue weighted by Gasteiger charge is 2.07. The number of hydrogen-bond acceptors (Lipinski definition) is 4. The van der Waals surface area contributed by atoms with E-state index >= 15 is 0 Å². The Morgan fingerprint density at radius 2 is 2.17 bits per heavy atom. The number of thiazole rings is 1. The van der Waals surface area contributed by atoms with Crippen molar-refractivity contribution in [3.8, 4) is 5.75 Å². The molecule has 96 valence electrons. The van der Waals surface area contributed by atoms with Gasteiger partial charge in [0.1, 0.15) is 5.75 Å². The van der Waals surface area contributed by atoms with E-state index < -0.39 is 0 Å². The van der Waals surface area contributed by atoms with E-state index in [0.29, 0.717) is 17.1 Å². The predicted octanol–water partition coefficient (Wildman–Crippen LogP) is 3.49. The van der Waals surface area contributed by atoms with Crippen molar-refractivity contribution in [2.75, 3.05) is 6.54 Å². The number of phenolic OH excluding ortho intramolecular Hbond substituents is 1. The highest BCUT2D eigenvalue weighted by molar-refractivity contribution is 7.07. The van der Waals surface area contributed by atoms with Gasteiger partial charge in [0.15, 0.2) is 0 Å². The molecule has 3 nitrogen and oxygen atoms in total. The molecule has 0 saturated carbocycles. The summed E-state index contributed by atoms with van der Waals surface area (Å²) >= 11 is 13.3. The van der Waals surface area contributed by atoms with Crippen molar-refractivity contribution in [2.24, 2.45) is 0 Å². The third-order valence-corrected chi connectivity index (χ3v) is 3.61. The monoisotopic (exact) mass is 302 g/mol. The van der Waals surface area contributed by atoms with Crippen molar-refractivity contribution in [1.82, 2.24) is 10.3 Å². The molecule has 2 rings (SSSR count). The Bertz CT molecular complexity index is 517. The summed E-state index contributed by atoms with van der Waals surface area (Å²) < 4.78 is 0. The van der Waals surface area contributed by atoms with Crippen molar-refractivity contribution < 1.29 is 5.11 Å². The van der Waals surface area contributed by atoms with E-state index in [2.05, 4.69) is 10.3 Å². The Labute approximate surface area is 119 Å². The SMILES string of the molecule is Oc1c(Cl)cc(Cl)cc1CNCCc1cscn1. The molecule has 0 spiro atoms. The van der Waals surface area contributed by atoms with Gasteiger partial charge in [0.25, 0.3) is 0 Å². The van der Waals surface area contributed by atoms with E-state index in [4.69, 9.17) is 23.2 Å². The summed E-state index contributed by atoms with van der Waals surface area (Å²) in [4.78, 5) is 4.19. The third kappa shape index (κ3) is 3.59. The molecule has 1 aromatic heterocycles. The highest BCUT2D eigenvalue weighted by atomic mass is 35.5. The molecular weight excluding hydrogens is 291 g/mol. The maximum atomic E-state index is 9.76. The van der Waals surface area contributed by atoms with Gasteiger partial charge in [-0.25, -0.2) is 4.98 Å². The van der Waals surface area contributed by atoms with Crippen LogP contribution in [0.2, 0.25) is 10.0 Å². The molecule has 0 bridgehead atoms. The molecule has 0 aliphatic carbocycles. The summed E-state index contributed by atoms with van der Waals surface area (Å²) in [5.41, 5.74) is 3.59. The third-order valence-electron chi connectivity index (χ3n) is 2.46. The largest absolute Gasteiger partial charge is 0.506 e. The normalized spacial score (nSPS) is 10.8. The molecule has 0 saturated heterocycles. The van der Waals surface area contributed by atoms with Crippen molar-refractivity contribution in [3.05, 3.63) is 44.3 Å². The number of hydrogen-bond donors (Lipinski definition) is 2. The summed E-state index contributed by atoms with van der Waals surface area (Å²) in [7, 11) is 0. The van der Waals surface area contributed by atoms with Crippen LogP contribution >= 0.6 is 34.5 Å². The second kappa shape index (κ2) is 6.38. The second-order valence-corrected chi connectivity index (χ2v) is 5.36.